The van der Waals surface area contributed by atoms with E-state index in [1.807, 2.05) is 6.07 Å². The fraction of sp³-hybridized carbons (Fsp3) is 0.600. The molecular formula is C15H21NO2. The van der Waals surface area contributed by atoms with Gasteiger partial charge in [-0.2, -0.15) is 0 Å². The van der Waals surface area contributed by atoms with E-state index in [9.17, 15) is 0 Å². The van der Waals surface area contributed by atoms with Gasteiger partial charge in [-0.1, -0.05) is 25.3 Å². The number of rotatable bonds is 4. The Balaban J connectivity index is 1.48. The zero-order valence-corrected chi connectivity index (χ0v) is 10.8. The van der Waals surface area contributed by atoms with E-state index in [1.165, 1.54) is 37.7 Å². The number of hydrogen-bond donors (Lipinski definition) is 1. The predicted octanol–water partition coefficient (Wildman–Crippen LogP) is 3.09. The van der Waals surface area contributed by atoms with Gasteiger partial charge < -0.3 is 14.8 Å². The molecule has 0 unspecified atom stereocenters. The molecule has 0 atom stereocenters. The summed E-state index contributed by atoms with van der Waals surface area (Å²) >= 11 is 0. The molecular weight excluding hydrogens is 226 g/mol. The molecule has 1 aromatic rings. The molecule has 18 heavy (non-hydrogen) atoms. The van der Waals surface area contributed by atoms with Gasteiger partial charge in [0.25, 0.3) is 0 Å². The zero-order chi connectivity index (χ0) is 12.2. The van der Waals surface area contributed by atoms with E-state index in [4.69, 9.17) is 9.47 Å². The maximum Gasteiger partial charge on any atom is 0.231 e. The minimum Gasteiger partial charge on any atom is -0.454 e. The lowest BCUT2D eigenvalue weighted by molar-refractivity contribution is 0.174. The van der Waals surface area contributed by atoms with Crippen LogP contribution in [0.4, 0.5) is 0 Å². The molecule has 3 nitrogen and oxygen atoms in total. The van der Waals surface area contributed by atoms with Crippen molar-refractivity contribution < 1.29 is 9.47 Å². The van der Waals surface area contributed by atoms with E-state index in [0.29, 0.717) is 6.79 Å². The van der Waals surface area contributed by atoms with E-state index in [-0.39, 0.29) is 0 Å². The summed E-state index contributed by atoms with van der Waals surface area (Å²) in [6, 6.07) is 6.19. The average molecular weight is 247 g/mol. The lowest BCUT2D eigenvalue weighted by Gasteiger charge is -2.21. The molecule has 0 radical (unpaired) electrons. The van der Waals surface area contributed by atoms with Crippen LogP contribution in [0.5, 0.6) is 11.5 Å². The van der Waals surface area contributed by atoms with E-state index < -0.39 is 0 Å². The minimum atomic E-state index is 0.355. The van der Waals surface area contributed by atoms with Gasteiger partial charge in [0.05, 0.1) is 0 Å². The second-order valence-corrected chi connectivity index (χ2v) is 5.32. The highest BCUT2D eigenvalue weighted by Crippen LogP contribution is 2.32. The van der Waals surface area contributed by atoms with Crippen LogP contribution in [0.3, 0.4) is 0 Å². The fourth-order valence-electron chi connectivity index (χ4n) is 2.86. The first-order valence-electron chi connectivity index (χ1n) is 7.01. The quantitative estimate of drug-likeness (QED) is 0.887. The number of ether oxygens (including phenoxy) is 2. The van der Waals surface area contributed by atoms with Crippen LogP contribution < -0.4 is 14.8 Å². The van der Waals surface area contributed by atoms with Gasteiger partial charge in [0.1, 0.15) is 0 Å². The van der Waals surface area contributed by atoms with Crippen molar-refractivity contribution in [2.45, 2.75) is 38.6 Å². The maximum absolute atomic E-state index is 5.39. The van der Waals surface area contributed by atoms with Crippen molar-refractivity contribution in [1.82, 2.24) is 5.32 Å². The predicted molar refractivity (Wildman–Crippen MR) is 70.8 cm³/mol. The summed E-state index contributed by atoms with van der Waals surface area (Å²) in [6.07, 6.45) is 7.05. The van der Waals surface area contributed by atoms with Gasteiger partial charge in [0.15, 0.2) is 11.5 Å². The van der Waals surface area contributed by atoms with E-state index >= 15 is 0 Å². The first-order valence-corrected chi connectivity index (χ1v) is 7.01. The summed E-state index contributed by atoms with van der Waals surface area (Å²) in [5.74, 6) is 2.63. The van der Waals surface area contributed by atoms with Crippen molar-refractivity contribution in [3.05, 3.63) is 23.8 Å². The van der Waals surface area contributed by atoms with E-state index in [1.54, 1.807) is 0 Å². The Morgan fingerprint density at radius 1 is 1.06 bits per heavy atom. The lowest BCUT2D eigenvalue weighted by Crippen LogP contribution is -2.24. The van der Waals surface area contributed by atoms with Gasteiger partial charge in [0, 0.05) is 6.54 Å². The highest BCUT2D eigenvalue weighted by molar-refractivity contribution is 5.44. The Hall–Kier alpha value is -1.22. The van der Waals surface area contributed by atoms with Crippen molar-refractivity contribution in [3.63, 3.8) is 0 Å². The van der Waals surface area contributed by atoms with Gasteiger partial charge in [-0.15, -0.1) is 0 Å². The highest BCUT2D eigenvalue weighted by atomic mass is 16.7. The van der Waals surface area contributed by atoms with E-state index in [0.717, 1.165) is 30.5 Å². The second-order valence-electron chi connectivity index (χ2n) is 5.32. The van der Waals surface area contributed by atoms with Crippen molar-refractivity contribution in [1.29, 1.82) is 0 Å². The molecule has 3 heteroatoms. The molecule has 2 aliphatic rings. The zero-order valence-electron chi connectivity index (χ0n) is 10.8. The first-order chi connectivity index (χ1) is 8.92. The molecule has 1 aromatic carbocycles. The third kappa shape index (κ3) is 2.78. The van der Waals surface area contributed by atoms with Crippen LogP contribution in [0.1, 0.15) is 37.7 Å². The van der Waals surface area contributed by atoms with Gasteiger partial charge in [0.2, 0.25) is 6.79 Å². The number of nitrogens with one attached hydrogen (secondary N) is 1. The lowest BCUT2D eigenvalue weighted by atomic mass is 9.89. The smallest absolute Gasteiger partial charge is 0.231 e. The van der Waals surface area contributed by atoms with Crippen molar-refractivity contribution in [2.75, 3.05) is 13.3 Å². The Labute approximate surface area is 108 Å². The minimum absolute atomic E-state index is 0.355. The van der Waals surface area contributed by atoms with Crippen molar-refractivity contribution in [2.24, 2.45) is 5.92 Å². The number of fused-ring (bicyclic) bond motifs is 1. The summed E-state index contributed by atoms with van der Waals surface area (Å²) in [6.45, 7) is 2.43. The molecule has 0 spiro atoms. The third-order valence-electron chi connectivity index (χ3n) is 3.92. The monoisotopic (exact) mass is 247 g/mol. The molecule has 1 aliphatic carbocycles. The SMILES string of the molecule is c1cc2c(cc1CNCC1CCCCC1)OCO2. The molecule has 0 aromatic heterocycles. The highest BCUT2D eigenvalue weighted by Gasteiger charge is 2.14. The third-order valence-corrected chi connectivity index (χ3v) is 3.92. The summed E-state index contributed by atoms with van der Waals surface area (Å²) in [4.78, 5) is 0. The topological polar surface area (TPSA) is 30.5 Å². The average Bonchev–Trinajstić information content (AvgIpc) is 2.87. The molecule has 1 fully saturated rings. The molecule has 0 bridgehead atoms. The largest absolute Gasteiger partial charge is 0.454 e. The Morgan fingerprint density at radius 2 is 1.89 bits per heavy atom. The van der Waals surface area contributed by atoms with Gasteiger partial charge in [-0.25, -0.2) is 0 Å². The Morgan fingerprint density at radius 3 is 2.78 bits per heavy atom. The summed E-state index contributed by atoms with van der Waals surface area (Å²) in [5, 5.41) is 3.57. The standard InChI is InChI=1S/C15H21NO2/c1-2-4-12(5-3-1)9-16-10-13-6-7-14-15(8-13)18-11-17-14/h6-8,12,16H,1-5,9-11H2. The van der Waals surface area contributed by atoms with E-state index in [2.05, 4.69) is 17.4 Å². The molecule has 3 rings (SSSR count). The van der Waals surface area contributed by atoms with Crippen LogP contribution in [0.15, 0.2) is 18.2 Å². The van der Waals surface area contributed by atoms with Crippen LogP contribution in [0.25, 0.3) is 0 Å². The summed E-state index contributed by atoms with van der Waals surface area (Å²) in [5.41, 5.74) is 1.27. The van der Waals surface area contributed by atoms with Crippen molar-refractivity contribution in [3.8, 4) is 11.5 Å². The number of hydrogen-bond acceptors (Lipinski definition) is 3. The van der Waals surface area contributed by atoms with Gasteiger partial charge in [-0.05, 0) is 43.0 Å². The van der Waals surface area contributed by atoms with Crippen LogP contribution in [0.2, 0.25) is 0 Å². The normalized spacial score (nSPS) is 19.1. The fourth-order valence-corrected chi connectivity index (χ4v) is 2.86. The Bertz CT molecular complexity index is 399. The molecule has 1 aliphatic heterocycles. The summed E-state index contributed by atoms with van der Waals surface area (Å²) < 4.78 is 10.7. The van der Waals surface area contributed by atoms with Gasteiger partial charge in [-0.3, -0.25) is 0 Å². The van der Waals surface area contributed by atoms with Crippen LogP contribution in [-0.4, -0.2) is 13.3 Å². The first kappa shape index (κ1) is 11.8. The number of benzene rings is 1. The van der Waals surface area contributed by atoms with Crippen LogP contribution >= 0.6 is 0 Å². The van der Waals surface area contributed by atoms with Crippen LogP contribution in [0, 0.1) is 5.92 Å². The molecule has 98 valence electrons. The second kappa shape index (κ2) is 5.61. The molecule has 0 saturated heterocycles. The Kier molecular flexibility index (Phi) is 3.69. The summed E-state index contributed by atoms with van der Waals surface area (Å²) in [7, 11) is 0. The molecule has 1 saturated carbocycles. The molecule has 0 amide bonds. The molecule has 1 heterocycles. The molecule has 1 N–H and O–H groups in total. The van der Waals surface area contributed by atoms with Crippen LogP contribution in [-0.2, 0) is 6.54 Å². The van der Waals surface area contributed by atoms with Gasteiger partial charge >= 0.3 is 0 Å². The maximum atomic E-state index is 5.39. The van der Waals surface area contributed by atoms with Crippen molar-refractivity contribution >= 4 is 0 Å².